The van der Waals surface area contributed by atoms with Crippen molar-refractivity contribution in [2.75, 3.05) is 0 Å². The molecular formula is C18H25O7-. The minimum absolute atomic E-state index is 0.444. The van der Waals surface area contributed by atoms with Crippen molar-refractivity contribution >= 4 is 5.97 Å². The van der Waals surface area contributed by atoms with Crippen LogP contribution in [-0.2, 0) is 28.5 Å². The Morgan fingerprint density at radius 2 is 1.24 bits per heavy atom. The molecule has 3 heterocycles. The van der Waals surface area contributed by atoms with Gasteiger partial charge in [-0.1, -0.05) is 12.8 Å². The molecule has 2 aliphatic carbocycles. The number of rotatable bonds is 1. The minimum Gasteiger partial charge on any atom is -0.547 e. The van der Waals surface area contributed by atoms with Crippen molar-refractivity contribution in [2.45, 2.75) is 106 Å². The second-order valence-corrected chi connectivity index (χ2v) is 8.05. The largest absolute Gasteiger partial charge is 0.547 e. The van der Waals surface area contributed by atoms with Gasteiger partial charge in [0.25, 0.3) is 0 Å². The first-order valence-corrected chi connectivity index (χ1v) is 9.68. The van der Waals surface area contributed by atoms with E-state index in [9.17, 15) is 9.90 Å². The predicted molar refractivity (Wildman–Crippen MR) is 81.0 cm³/mol. The molecule has 0 aromatic heterocycles. The number of aliphatic carboxylic acids is 1. The van der Waals surface area contributed by atoms with Gasteiger partial charge in [0, 0.05) is 25.7 Å². The van der Waals surface area contributed by atoms with Crippen molar-refractivity contribution in [1.82, 2.24) is 0 Å². The van der Waals surface area contributed by atoms with Gasteiger partial charge in [0.15, 0.2) is 17.9 Å². The Morgan fingerprint density at radius 3 is 1.84 bits per heavy atom. The van der Waals surface area contributed by atoms with Crippen LogP contribution in [0.15, 0.2) is 0 Å². The monoisotopic (exact) mass is 353 g/mol. The molecule has 0 aromatic carbocycles. The summed E-state index contributed by atoms with van der Waals surface area (Å²) in [7, 11) is 0. The molecule has 25 heavy (non-hydrogen) atoms. The molecule has 0 unspecified atom stereocenters. The summed E-state index contributed by atoms with van der Waals surface area (Å²) in [5.74, 6) is -2.64. The minimum atomic E-state index is -1.28. The van der Waals surface area contributed by atoms with Crippen molar-refractivity contribution in [2.24, 2.45) is 0 Å². The highest BCUT2D eigenvalue weighted by atomic mass is 16.9. The van der Waals surface area contributed by atoms with Crippen LogP contribution in [0.5, 0.6) is 0 Å². The van der Waals surface area contributed by atoms with E-state index in [-0.39, 0.29) is 0 Å². The maximum atomic E-state index is 11.7. The fourth-order valence-electron chi connectivity index (χ4n) is 5.15. The lowest BCUT2D eigenvalue weighted by atomic mass is 9.94. The molecule has 0 radical (unpaired) electrons. The van der Waals surface area contributed by atoms with E-state index >= 15 is 0 Å². The Morgan fingerprint density at radius 1 is 0.720 bits per heavy atom. The smallest absolute Gasteiger partial charge is 0.190 e. The van der Waals surface area contributed by atoms with Gasteiger partial charge in [-0.3, -0.25) is 0 Å². The molecule has 0 bridgehead atoms. The third-order valence-electron chi connectivity index (χ3n) is 6.34. The highest BCUT2D eigenvalue weighted by Crippen LogP contribution is 2.50. The lowest BCUT2D eigenvalue weighted by Gasteiger charge is -2.37. The van der Waals surface area contributed by atoms with Gasteiger partial charge in [0.1, 0.15) is 24.4 Å². The number of carboxylic acid groups (broad SMARTS) is 1. The quantitative estimate of drug-likeness (QED) is 0.694. The summed E-state index contributed by atoms with van der Waals surface area (Å²) in [6, 6.07) is 0. The van der Waals surface area contributed by atoms with Crippen molar-refractivity contribution in [3.8, 4) is 0 Å². The van der Waals surface area contributed by atoms with Gasteiger partial charge in [-0.05, 0) is 25.7 Å². The Kier molecular flexibility index (Phi) is 3.87. The summed E-state index contributed by atoms with van der Waals surface area (Å²) in [5.41, 5.74) is 0. The van der Waals surface area contributed by atoms with Crippen LogP contribution in [0.1, 0.15) is 64.2 Å². The number of carbonyl (C=O) groups excluding carboxylic acids is 1. The van der Waals surface area contributed by atoms with E-state index in [1.165, 1.54) is 6.42 Å². The summed E-state index contributed by atoms with van der Waals surface area (Å²) in [5, 5.41) is 11.7. The Hall–Kier alpha value is -0.730. The van der Waals surface area contributed by atoms with Crippen LogP contribution in [-0.4, -0.2) is 48.2 Å². The molecule has 0 N–H and O–H groups in total. The van der Waals surface area contributed by atoms with Crippen molar-refractivity contribution in [1.29, 1.82) is 0 Å². The molecule has 2 spiro atoms. The Labute approximate surface area is 146 Å². The van der Waals surface area contributed by atoms with Gasteiger partial charge in [-0.2, -0.15) is 0 Å². The number of hydrogen-bond donors (Lipinski definition) is 0. The van der Waals surface area contributed by atoms with Crippen LogP contribution >= 0.6 is 0 Å². The molecule has 5 atom stereocenters. The van der Waals surface area contributed by atoms with Crippen molar-refractivity contribution in [3.05, 3.63) is 0 Å². The van der Waals surface area contributed by atoms with Crippen LogP contribution in [0.3, 0.4) is 0 Å². The topological polar surface area (TPSA) is 86.3 Å². The molecule has 5 fully saturated rings. The van der Waals surface area contributed by atoms with Gasteiger partial charge in [-0.25, -0.2) is 0 Å². The first-order chi connectivity index (χ1) is 12.1. The van der Waals surface area contributed by atoms with Crippen LogP contribution in [0.25, 0.3) is 0 Å². The molecule has 140 valence electrons. The van der Waals surface area contributed by atoms with Gasteiger partial charge in [0.05, 0.1) is 5.97 Å². The van der Waals surface area contributed by atoms with Gasteiger partial charge in [0.2, 0.25) is 0 Å². The molecule has 0 aromatic rings. The van der Waals surface area contributed by atoms with E-state index in [1.807, 2.05) is 0 Å². The Balaban J connectivity index is 1.43. The van der Waals surface area contributed by atoms with E-state index < -0.39 is 48.2 Å². The average molecular weight is 353 g/mol. The zero-order valence-corrected chi connectivity index (χ0v) is 14.3. The second kappa shape index (κ2) is 5.89. The highest BCUT2D eigenvalue weighted by molar-refractivity contribution is 5.71. The van der Waals surface area contributed by atoms with Gasteiger partial charge in [-0.15, -0.1) is 0 Å². The normalized spacial score (nSPS) is 44.6. The number of carbonyl (C=O) groups is 1. The lowest BCUT2D eigenvalue weighted by Crippen LogP contribution is -2.60. The first-order valence-electron chi connectivity index (χ1n) is 9.68. The van der Waals surface area contributed by atoms with Crippen LogP contribution < -0.4 is 5.11 Å². The Bertz CT molecular complexity index is 538. The van der Waals surface area contributed by atoms with E-state index in [0.29, 0.717) is 0 Å². The fraction of sp³-hybridized carbons (Fsp3) is 0.944. The third kappa shape index (κ3) is 2.63. The third-order valence-corrected chi connectivity index (χ3v) is 6.34. The zero-order chi connectivity index (χ0) is 17.1. The molecule has 0 amide bonds. The second-order valence-electron chi connectivity index (χ2n) is 8.05. The lowest BCUT2D eigenvalue weighted by molar-refractivity contribution is -0.335. The molecule has 3 aliphatic heterocycles. The molecule has 7 heteroatoms. The summed E-state index contributed by atoms with van der Waals surface area (Å²) in [6.45, 7) is 0. The van der Waals surface area contributed by atoms with Gasteiger partial charge >= 0.3 is 0 Å². The number of carboxylic acids is 1. The molecule has 7 nitrogen and oxygen atoms in total. The van der Waals surface area contributed by atoms with E-state index in [1.54, 1.807) is 0 Å². The van der Waals surface area contributed by atoms with Gasteiger partial charge < -0.3 is 33.6 Å². The summed E-state index contributed by atoms with van der Waals surface area (Å²) in [4.78, 5) is 11.7. The predicted octanol–water partition coefficient (Wildman–Crippen LogP) is 0.981. The van der Waals surface area contributed by atoms with Crippen LogP contribution in [0, 0.1) is 0 Å². The zero-order valence-electron chi connectivity index (χ0n) is 14.3. The van der Waals surface area contributed by atoms with Crippen LogP contribution in [0.4, 0.5) is 0 Å². The molecular weight excluding hydrogens is 328 g/mol. The SMILES string of the molecule is O=C([O-])[C@@H]1O[C@@H]2OC3(CCCCC3)O[C@@H]2[C@H]2OC3(CCCCC3)O[C@H]21. The average Bonchev–Trinajstić information content (AvgIpc) is 3.13. The molecule has 2 saturated carbocycles. The highest BCUT2D eigenvalue weighted by Gasteiger charge is 2.64. The maximum Gasteiger partial charge on any atom is 0.190 e. The molecule has 3 saturated heterocycles. The van der Waals surface area contributed by atoms with E-state index in [4.69, 9.17) is 23.7 Å². The fourth-order valence-corrected chi connectivity index (χ4v) is 5.15. The summed E-state index contributed by atoms with van der Waals surface area (Å²) >= 11 is 0. The van der Waals surface area contributed by atoms with E-state index in [2.05, 4.69) is 0 Å². The number of hydrogen-bond acceptors (Lipinski definition) is 7. The number of fused-ring (bicyclic) bond motifs is 3. The van der Waals surface area contributed by atoms with Crippen molar-refractivity contribution < 1.29 is 33.6 Å². The standard InChI is InChI=1S/C18H26O7/c19-15(20)13-11-12(23-17(22-11)7-3-1-4-8-17)14-16(21-13)25-18(24-14)9-5-2-6-10-18/h11-14,16H,1-10H2,(H,19,20)/p-1/t11-,12+,13-,14-,16-/m1/s1. The molecule has 5 aliphatic rings. The maximum absolute atomic E-state index is 11.7. The summed E-state index contributed by atoms with van der Waals surface area (Å²) < 4.78 is 30.6. The van der Waals surface area contributed by atoms with Crippen molar-refractivity contribution in [3.63, 3.8) is 0 Å². The van der Waals surface area contributed by atoms with E-state index in [0.717, 1.165) is 57.8 Å². The molecule has 5 rings (SSSR count). The van der Waals surface area contributed by atoms with Crippen LogP contribution in [0.2, 0.25) is 0 Å². The number of ether oxygens (including phenoxy) is 5. The first kappa shape index (κ1) is 16.4. The summed E-state index contributed by atoms with van der Waals surface area (Å²) in [6.07, 6.45) is 6.07.